The second-order valence-electron chi connectivity index (χ2n) is 26.0. The topological polar surface area (TPSA) is 95.9 Å². The Balaban J connectivity index is 3.39. The minimum Gasteiger partial charge on any atom is -0.466 e. The first-order valence-corrected chi connectivity index (χ1v) is 37.7. The molecule has 0 rings (SSSR count). The molecule has 6 nitrogen and oxygen atoms in total. The molecule has 490 valence electrons. The molecular weight excluding hydrogens is 1020 g/mol. The van der Waals surface area contributed by atoms with E-state index in [-0.39, 0.29) is 18.5 Å². The van der Waals surface area contributed by atoms with Crippen LogP contribution < -0.4 is 5.32 Å². The van der Waals surface area contributed by atoms with Gasteiger partial charge >= 0.3 is 5.97 Å². The summed E-state index contributed by atoms with van der Waals surface area (Å²) in [6.45, 7) is 4.96. The summed E-state index contributed by atoms with van der Waals surface area (Å²) in [6, 6.07) is -0.544. The summed E-state index contributed by atoms with van der Waals surface area (Å²) in [5.74, 6) is -0.0293. The molecule has 0 aliphatic carbocycles. The number of rotatable bonds is 71. The van der Waals surface area contributed by atoms with E-state index in [1.165, 1.54) is 334 Å². The third kappa shape index (κ3) is 69.1. The van der Waals surface area contributed by atoms with E-state index in [0.717, 1.165) is 51.4 Å². The van der Waals surface area contributed by atoms with Gasteiger partial charge < -0.3 is 20.3 Å². The zero-order chi connectivity index (χ0) is 59.9. The quantitative estimate of drug-likeness (QED) is 0.0320. The molecule has 0 radical (unpaired) electrons. The van der Waals surface area contributed by atoms with Crippen molar-refractivity contribution >= 4 is 11.9 Å². The maximum Gasteiger partial charge on any atom is 0.305 e. The number of carbonyl (C=O) groups excluding carboxylic acids is 2. The highest BCUT2D eigenvalue weighted by molar-refractivity contribution is 5.76. The molecule has 0 aromatic heterocycles. The standard InChI is InChI=1S/C77H147NO5/c1-3-5-7-9-11-13-15-17-19-20-21-22-23-29-32-35-38-42-45-49-53-57-61-65-69-75(80)74(73-79)78-76(81)70-66-62-58-54-50-46-43-39-36-33-30-27-25-24-26-28-31-34-37-40-44-48-52-56-60-64-68-72-83-77(82)71-67-63-59-55-51-47-41-18-16-14-12-10-8-6-4-2/h12,14,18,24-25,41,74-75,79-80H,3-11,13,15-17,19-23,26-40,42-73H2,1-2H3,(H,78,81)/b14-12-,25-24-,41-18-. The van der Waals surface area contributed by atoms with Crippen LogP contribution in [-0.4, -0.2) is 47.4 Å². The van der Waals surface area contributed by atoms with Gasteiger partial charge in [0.1, 0.15) is 0 Å². The van der Waals surface area contributed by atoms with Crippen LogP contribution in [0.1, 0.15) is 418 Å². The van der Waals surface area contributed by atoms with E-state index in [9.17, 15) is 19.8 Å². The lowest BCUT2D eigenvalue weighted by molar-refractivity contribution is -0.143. The maximum atomic E-state index is 12.6. The number of allylic oxidation sites excluding steroid dienone is 6. The smallest absolute Gasteiger partial charge is 0.305 e. The highest BCUT2D eigenvalue weighted by atomic mass is 16.5. The lowest BCUT2D eigenvalue weighted by Crippen LogP contribution is -2.45. The first kappa shape index (κ1) is 81.1. The van der Waals surface area contributed by atoms with E-state index in [2.05, 4.69) is 55.6 Å². The van der Waals surface area contributed by atoms with Gasteiger partial charge in [-0.1, -0.05) is 359 Å². The summed E-state index contributed by atoms with van der Waals surface area (Å²) >= 11 is 0. The molecule has 0 fully saturated rings. The van der Waals surface area contributed by atoms with E-state index < -0.39 is 12.1 Å². The summed E-state index contributed by atoms with van der Waals surface area (Å²) < 4.78 is 5.49. The first-order valence-electron chi connectivity index (χ1n) is 37.7. The van der Waals surface area contributed by atoms with Crippen LogP contribution in [0.5, 0.6) is 0 Å². The fourth-order valence-corrected chi connectivity index (χ4v) is 11.9. The Hall–Kier alpha value is -1.92. The van der Waals surface area contributed by atoms with Gasteiger partial charge in [-0.05, 0) is 83.5 Å². The average molecular weight is 1170 g/mol. The van der Waals surface area contributed by atoms with Crippen molar-refractivity contribution in [1.82, 2.24) is 5.32 Å². The minimum absolute atomic E-state index is 0.00179. The molecule has 2 unspecified atom stereocenters. The molecule has 0 spiro atoms. The summed E-state index contributed by atoms with van der Waals surface area (Å²) in [6.07, 6.45) is 93.5. The largest absolute Gasteiger partial charge is 0.466 e. The number of unbranched alkanes of at least 4 members (excludes halogenated alkanes) is 54. The molecule has 0 heterocycles. The van der Waals surface area contributed by atoms with Gasteiger partial charge in [0.2, 0.25) is 5.91 Å². The molecule has 0 aromatic carbocycles. The predicted octanol–water partition coefficient (Wildman–Crippen LogP) is 24.7. The second kappa shape index (κ2) is 72.6. The van der Waals surface area contributed by atoms with Gasteiger partial charge in [0, 0.05) is 12.8 Å². The Morgan fingerprint density at radius 2 is 0.602 bits per heavy atom. The van der Waals surface area contributed by atoms with Gasteiger partial charge in [-0.3, -0.25) is 9.59 Å². The third-order valence-corrected chi connectivity index (χ3v) is 17.7. The number of aliphatic hydroxyl groups is 2. The summed E-state index contributed by atoms with van der Waals surface area (Å²) in [4.78, 5) is 24.6. The van der Waals surface area contributed by atoms with Crippen molar-refractivity contribution < 1.29 is 24.5 Å². The zero-order valence-electron chi connectivity index (χ0n) is 56.2. The molecule has 0 aliphatic rings. The number of carbonyl (C=O) groups is 2. The highest BCUT2D eigenvalue weighted by Gasteiger charge is 2.20. The van der Waals surface area contributed by atoms with E-state index in [1.54, 1.807) is 0 Å². The minimum atomic E-state index is -0.667. The van der Waals surface area contributed by atoms with Crippen molar-refractivity contribution in [2.45, 2.75) is 431 Å². The van der Waals surface area contributed by atoms with Gasteiger partial charge in [-0.2, -0.15) is 0 Å². The number of ether oxygens (including phenoxy) is 1. The monoisotopic (exact) mass is 1170 g/mol. The summed E-state index contributed by atoms with van der Waals surface area (Å²) in [7, 11) is 0. The van der Waals surface area contributed by atoms with Crippen molar-refractivity contribution in [1.29, 1.82) is 0 Å². The van der Waals surface area contributed by atoms with Crippen LogP contribution in [0.15, 0.2) is 36.5 Å². The normalized spacial score (nSPS) is 12.7. The Morgan fingerprint density at radius 1 is 0.337 bits per heavy atom. The van der Waals surface area contributed by atoms with Crippen LogP contribution in [0, 0.1) is 0 Å². The van der Waals surface area contributed by atoms with E-state index in [4.69, 9.17) is 4.74 Å². The van der Waals surface area contributed by atoms with Gasteiger partial charge in [-0.25, -0.2) is 0 Å². The van der Waals surface area contributed by atoms with Crippen LogP contribution in [0.3, 0.4) is 0 Å². The summed E-state index contributed by atoms with van der Waals surface area (Å²) in [5, 5.41) is 23.5. The van der Waals surface area contributed by atoms with E-state index >= 15 is 0 Å². The van der Waals surface area contributed by atoms with Crippen LogP contribution >= 0.6 is 0 Å². The third-order valence-electron chi connectivity index (χ3n) is 17.7. The van der Waals surface area contributed by atoms with Crippen LogP contribution in [0.25, 0.3) is 0 Å². The number of hydrogen-bond acceptors (Lipinski definition) is 5. The lowest BCUT2D eigenvalue weighted by Gasteiger charge is -2.22. The number of hydrogen-bond donors (Lipinski definition) is 3. The number of aliphatic hydroxyl groups excluding tert-OH is 2. The molecule has 0 aromatic rings. The Labute approximate surface area is 519 Å². The van der Waals surface area contributed by atoms with Crippen molar-refractivity contribution in [2.75, 3.05) is 13.2 Å². The molecule has 0 saturated carbocycles. The number of amides is 1. The SMILES string of the molecule is CCCCC/C=C\C/C=C\CCCCCCCC(=O)OCCCCCCCCCCCCCC/C=C\CCCCCCCCCCCCCC(=O)NC(CO)C(O)CCCCCCCCCCCCCCCCCCCCCCCCCC. The molecule has 83 heavy (non-hydrogen) atoms. The fraction of sp³-hybridized carbons (Fsp3) is 0.896. The summed E-state index contributed by atoms with van der Waals surface area (Å²) in [5.41, 5.74) is 0. The van der Waals surface area contributed by atoms with Gasteiger partial charge in [0.25, 0.3) is 0 Å². The van der Waals surface area contributed by atoms with E-state index in [0.29, 0.717) is 25.9 Å². The predicted molar refractivity (Wildman–Crippen MR) is 366 cm³/mol. The molecule has 0 aliphatic heterocycles. The lowest BCUT2D eigenvalue weighted by atomic mass is 10.0. The second-order valence-corrected chi connectivity index (χ2v) is 26.0. The van der Waals surface area contributed by atoms with E-state index in [1.807, 2.05) is 0 Å². The Morgan fingerprint density at radius 3 is 0.952 bits per heavy atom. The number of nitrogens with one attached hydrogen (secondary N) is 1. The van der Waals surface area contributed by atoms with Gasteiger partial charge in [-0.15, -0.1) is 0 Å². The zero-order valence-corrected chi connectivity index (χ0v) is 56.2. The maximum absolute atomic E-state index is 12.6. The van der Waals surface area contributed by atoms with Crippen molar-refractivity contribution in [3.8, 4) is 0 Å². The molecule has 0 saturated heterocycles. The molecule has 2 atom stereocenters. The molecule has 3 N–H and O–H groups in total. The fourth-order valence-electron chi connectivity index (χ4n) is 11.9. The molecule has 6 heteroatoms. The van der Waals surface area contributed by atoms with Crippen LogP contribution in [0.2, 0.25) is 0 Å². The van der Waals surface area contributed by atoms with Crippen molar-refractivity contribution in [3.63, 3.8) is 0 Å². The van der Waals surface area contributed by atoms with Crippen LogP contribution in [0.4, 0.5) is 0 Å². The molecule has 1 amide bonds. The van der Waals surface area contributed by atoms with Gasteiger partial charge in [0.05, 0.1) is 25.4 Å². The average Bonchev–Trinajstić information content (AvgIpc) is 3.48. The Bertz CT molecular complexity index is 1340. The molecular formula is C77H147NO5. The molecule has 0 bridgehead atoms. The van der Waals surface area contributed by atoms with Crippen LogP contribution in [-0.2, 0) is 14.3 Å². The van der Waals surface area contributed by atoms with Gasteiger partial charge in [0.15, 0.2) is 0 Å². The van der Waals surface area contributed by atoms with Crippen molar-refractivity contribution in [3.05, 3.63) is 36.5 Å². The first-order chi connectivity index (χ1) is 41.0. The Kier molecular flexibility index (Phi) is 70.9. The van der Waals surface area contributed by atoms with Crippen molar-refractivity contribution in [2.24, 2.45) is 0 Å². The highest BCUT2D eigenvalue weighted by Crippen LogP contribution is 2.19. The number of esters is 1.